The highest BCUT2D eigenvalue weighted by Crippen LogP contribution is 2.51. The second kappa shape index (κ2) is 8.29. The smallest absolute Gasteiger partial charge is 0.0540 e. The van der Waals surface area contributed by atoms with Crippen LogP contribution in [0.1, 0.15) is 22.3 Å². The molecule has 1 heteroatoms. The lowest BCUT2D eigenvalue weighted by Gasteiger charge is -2.36. The van der Waals surface area contributed by atoms with E-state index in [-0.39, 0.29) is 0 Å². The summed E-state index contributed by atoms with van der Waals surface area (Å²) in [6.45, 7) is 0. The van der Waals surface area contributed by atoms with Gasteiger partial charge in [0, 0.05) is 22.4 Å². The minimum atomic E-state index is 1.16. The average molecular weight is 422 g/mol. The molecule has 1 aliphatic heterocycles. The van der Waals surface area contributed by atoms with Gasteiger partial charge in [-0.3, -0.25) is 0 Å². The molecule has 156 valence electrons. The van der Waals surface area contributed by atoms with Gasteiger partial charge >= 0.3 is 0 Å². The molecule has 6 rings (SSSR count). The third kappa shape index (κ3) is 3.35. The lowest BCUT2D eigenvalue weighted by atomic mass is 9.82. The summed E-state index contributed by atoms with van der Waals surface area (Å²) >= 11 is 0. The number of hydrogen-bond acceptors (Lipinski definition) is 1. The van der Waals surface area contributed by atoms with Crippen LogP contribution in [0.5, 0.6) is 0 Å². The fourth-order valence-corrected chi connectivity index (χ4v) is 4.82. The number of rotatable bonds is 3. The molecule has 0 unspecified atom stereocenters. The van der Waals surface area contributed by atoms with Crippen molar-refractivity contribution in [2.24, 2.45) is 0 Å². The highest BCUT2D eigenvalue weighted by atomic mass is 15.2. The summed E-state index contributed by atoms with van der Waals surface area (Å²) in [6, 6.07) is 49.6. The molecule has 5 aromatic rings. The summed E-state index contributed by atoms with van der Waals surface area (Å²) in [5.74, 6) is 0. The summed E-state index contributed by atoms with van der Waals surface area (Å²) in [5, 5.41) is 0. The molecule has 0 aromatic heterocycles. The predicted octanol–water partition coefficient (Wildman–Crippen LogP) is 8.48. The van der Waals surface area contributed by atoms with E-state index in [9.17, 15) is 0 Å². The van der Waals surface area contributed by atoms with Crippen molar-refractivity contribution >= 4 is 28.2 Å². The summed E-state index contributed by atoms with van der Waals surface area (Å²) < 4.78 is 0. The largest absolute Gasteiger partial charge is 0.309 e. The maximum absolute atomic E-state index is 2.38. The van der Waals surface area contributed by atoms with Crippen LogP contribution in [-0.4, -0.2) is 0 Å². The van der Waals surface area contributed by atoms with Gasteiger partial charge in [0.25, 0.3) is 0 Å². The van der Waals surface area contributed by atoms with Crippen LogP contribution in [0, 0.1) is 0 Å². The molecule has 0 radical (unpaired) electrons. The molecule has 0 aliphatic carbocycles. The Labute approximate surface area is 194 Å². The molecule has 33 heavy (non-hydrogen) atoms. The highest BCUT2D eigenvalue weighted by Gasteiger charge is 2.29. The third-order valence-electron chi connectivity index (χ3n) is 6.22. The Balaban J connectivity index is 1.74. The molecule has 0 bridgehead atoms. The molecule has 0 spiro atoms. The lowest BCUT2D eigenvalue weighted by molar-refractivity contribution is 1.24. The van der Waals surface area contributed by atoms with Crippen molar-refractivity contribution < 1.29 is 0 Å². The van der Waals surface area contributed by atoms with E-state index in [1.807, 2.05) is 0 Å². The zero-order chi connectivity index (χ0) is 22.0. The van der Waals surface area contributed by atoms with E-state index < -0.39 is 0 Å². The Morgan fingerprint density at radius 1 is 0.394 bits per heavy atom. The van der Waals surface area contributed by atoms with Crippen molar-refractivity contribution in [3.63, 3.8) is 0 Å². The monoisotopic (exact) mass is 421 g/mol. The van der Waals surface area contributed by atoms with Gasteiger partial charge in [-0.1, -0.05) is 115 Å². The molecule has 1 aliphatic rings. The summed E-state index contributed by atoms with van der Waals surface area (Å²) in [7, 11) is 0. The summed E-state index contributed by atoms with van der Waals surface area (Å²) in [5.41, 5.74) is 11.0. The number of benzene rings is 5. The molecular weight excluding hydrogens is 398 g/mol. The van der Waals surface area contributed by atoms with Crippen molar-refractivity contribution in [2.45, 2.75) is 0 Å². The quantitative estimate of drug-likeness (QED) is 0.277. The van der Waals surface area contributed by atoms with Crippen molar-refractivity contribution in [1.29, 1.82) is 0 Å². The van der Waals surface area contributed by atoms with E-state index in [2.05, 4.69) is 144 Å². The molecule has 0 atom stereocenters. The maximum Gasteiger partial charge on any atom is 0.0540 e. The van der Waals surface area contributed by atoms with Crippen LogP contribution in [0.25, 0.3) is 11.1 Å². The Kier molecular flexibility index (Phi) is 4.86. The first-order chi connectivity index (χ1) is 16.4. The van der Waals surface area contributed by atoms with Gasteiger partial charge in [0.15, 0.2) is 0 Å². The molecule has 0 amide bonds. The standard InChI is InChI=1S/C32H23N/c1-4-14-24(15-5-1)31(25-16-6-2-7-17-25)32-27-20-10-12-22-29(27)33(26-18-8-3-9-19-26)30-23-13-11-21-28(30)32/h1-23H. The second-order valence-corrected chi connectivity index (χ2v) is 8.19. The first-order valence-electron chi connectivity index (χ1n) is 11.3. The number of hydrogen-bond donors (Lipinski definition) is 0. The van der Waals surface area contributed by atoms with Crippen LogP contribution >= 0.6 is 0 Å². The van der Waals surface area contributed by atoms with E-state index >= 15 is 0 Å². The van der Waals surface area contributed by atoms with Crippen molar-refractivity contribution in [1.82, 2.24) is 0 Å². The van der Waals surface area contributed by atoms with Gasteiger partial charge in [-0.15, -0.1) is 0 Å². The van der Waals surface area contributed by atoms with Crippen LogP contribution in [0.4, 0.5) is 17.1 Å². The minimum Gasteiger partial charge on any atom is -0.309 e. The fourth-order valence-electron chi connectivity index (χ4n) is 4.82. The fraction of sp³-hybridized carbons (Fsp3) is 0. The van der Waals surface area contributed by atoms with Gasteiger partial charge in [0.05, 0.1) is 11.4 Å². The highest BCUT2D eigenvalue weighted by molar-refractivity contribution is 6.12. The van der Waals surface area contributed by atoms with Gasteiger partial charge < -0.3 is 4.90 Å². The Bertz CT molecular complexity index is 1340. The van der Waals surface area contributed by atoms with Gasteiger partial charge in [-0.05, 0) is 41.0 Å². The van der Waals surface area contributed by atoms with Gasteiger partial charge in [-0.25, -0.2) is 0 Å². The SMILES string of the molecule is c1ccc(C(=C2c3ccccc3N(c3ccccc3)c3ccccc32)c2ccccc2)cc1. The van der Waals surface area contributed by atoms with Gasteiger partial charge in [-0.2, -0.15) is 0 Å². The maximum atomic E-state index is 2.38. The molecule has 5 aromatic carbocycles. The van der Waals surface area contributed by atoms with E-state index in [1.165, 1.54) is 44.8 Å². The zero-order valence-corrected chi connectivity index (χ0v) is 18.2. The van der Waals surface area contributed by atoms with E-state index in [0.717, 1.165) is 5.69 Å². The number of para-hydroxylation sites is 3. The summed E-state index contributed by atoms with van der Waals surface area (Å²) in [4.78, 5) is 2.38. The molecule has 0 fully saturated rings. The molecule has 1 nitrogen and oxygen atoms in total. The molecule has 1 heterocycles. The topological polar surface area (TPSA) is 3.24 Å². The Morgan fingerprint density at radius 2 is 0.788 bits per heavy atom. The minimum absolute atomic E-state index is 1.16. The van der Waals surface area contributed by atoms with Crippen LogP contribution in [-0.2, 0) is 0 Å². The lowest BCUT2D eigenvalue weighted by Crippen LogP contribution is -2.18. The molecular formula is C32H23N. The van der Waals surface area contributed by atoms with Crippen molar-refractivity contribution in [3.05, 3.63) is 162 Å². The number of fused-ring (bicyclic) bond motifs is 2. The number of anilines is 3. The van der Waals surface area contributed by atoms with Crippen LogP contribution in [0.2, 0.25) is 0 Å². The predicted molar refractivity (Wildman–Crippen MR) is 139 cm³/mol. The average Bonchev–Trinajstić information content (AvgIpc) is 2.90. The van der Waals surface area contributed by atoms with Crippen LogP contribution in [0.3, 0.4) is 0 Å². The van der Waals surface area contributed by atoms with E-state index in [4.69, 9.17) is 0 Å². The molecule has 0 saturated carbocycles. The third-order valence-corrected chi connectivity index (χ3v) is 6.22. The van der Waals surface area contributed by atoms with Gasteiger partial charge in [0.2, 0.25) is 0 Å². The first kappa shape index (κ1) is 19.3. The normalized spacial score (nSPS) is 12.1. The van der Waals surface area contributed by atoms with Crippen molar-refractivity contribution in [3.8, 4) is 0 Å². The van der Waals surface area contributed by atoms with Crippen LogP contribution < -0.4 is 4.90 Å². The Hall–Kier alpha value is -4.36. The molecule has 0 N–H and O–H groups in total. The molecule has 0 saturated heterocycles. The summed E-state index contributed by atoms with van der Waals surface area (Å²) in [6.07, 6.45) is 0. The van der Waals surface area contributed by atoms with E-state index in [0.29, 0.717) is 0 Å². The number of nitrogens with zero attached hydrogens (tertiary/aromatic N) is 1. The van der Waals surface area contributed by atoms with Crippen molar-refractivity contribution in [2.75, 3.05) is 4.90 Å². The Morgan fingerprint density at radius 3 is 1.27 bits per heavy atom. The first-order valence-corrected chi connectivity index (χ1v) is 11.3. The van der Waals surface area contributed by atoms with Crippen LogP contribution in [0.15, 0.2) is 140 Å². The second-order valence-electron chi connectivity index (χ2n) is 8.19. The van der Waals surface area contributed by atoms with Gasteiger partial charge in [0.1, 0.15) is 0 Å². The van der Waals surface area contributed by atoms with E-state index in [1.54, 1.807) is 0 Å². The zero-order valence-electron chi connectivity index (χ0n) is 18.2.